The highest BCUT2D eigenvalue weighted by atomic mass is 32.1. The van der Waals surface area contributed by atoms with E-state index in [1.54, 1.807) is 11.3 Å². The molecule has 4 rings (SSSR count). The second-order valence-electron chi connectivity index (χ2n) is 7.36. The van der Waals surface area contributed by atoms with Gasteiger partial charge in [0.1, 0.15) is 5.01 Å². The number of carbonyl (C=O) groups is 1. The van der Waals surface area contributed by atoms with E-state index >= 15 is 0 Å². The minimum Gasteiger partial charge on any atom is -0.352 e. The first-order valence-corrected chi connectivity index (χ1v) is 11.0. The fourth-order valence-corrected chi connectivity index (χ4v) is 4.06. The van der Waals surface area contributed by atoms with Crippen LogP contribution in [0.4, 0.5) is 0 Å². The van der Waals surface area contributed by atoms with Crippen LogP contribution in [0.25, 0.3) is 21.8 Å². The minimum absolute atomic E-state index is 0.0746. The molecule has 0 aliphatic rings. The Morgan fingerprint density at radius 1 is 0.867 bits per heavy atom. The quantitative estimate of drug-likeness (QED) is 0.402. The van der Waals surface area contributed by atoms with Crippen LogP contribution in [0.2, 0.25) is 0 Å². The Labute approximate surface area is 181 Å². The van der Waals surface area contributed by atoms with E-state index in [0.717, 1.165) is 33.8 Å². The summed E-state index contributed by atoms with van der Waals surface area (Å²) in [5, 5.41) is 6.11. The molecule has 1 aromatic heterocycles. The molecule has 4 aromatic rings. The van der Waals surface area contributed by atoms with E-state index in [9.17, 15) is 4.79 Å². The second-order valence-corrected chi connectivity index (χ2v) is 8.22. The van der Waals surface area contributed by atoms with Crippen LogP contribution in [-0.4, -0.2) is 10.9 Å². The van der Waals surface area contributed by atoms with Crippen LogP contribution in [0, 0.1) is 6.92 Å². The number of aryl methyl sites for hydroxylation is 2. The topological polar surface area (TPSA) is 42.0 Å². The number of aromatic nitrogens is 1. The van der Waals surface area contributed by atoms with Gasteiger partial charge in [0.25, 0.3) is 0 Å². The summed E-state index contributed by atoms with van der Waals surface area (Å²) in [5.74, 6) is 0.0746. The van der Waals surface area contributed by atoms with Crippen LogP contribution >= 0.6 is 11.3 Å². The van der Waals surface area contributed by atoms with Crippen LogP contribution in [0.1, 0.15) is 23.1 Å². The molecule has 1 N–H and O–H groups in total. The lowest BCUT2D eigenvalue weighted by Gasteiger charge is -2.06. The molecule has 0 saturated carbocycles. The fraction of sp³-hybridized carbons (Fsp3) is 0.154. The highest BCUT2D eigenvalue weighted by Gasteiger charge is 2.07. The first-order chi connectivity index (χ1) is 14.7. The van der Waals surface area contributed by atoms with Gasteiger partial charge in [0.05, 0.1) is 5.69 Å². The zero-order valence-corrected chi connectivity index (χ0v) is 17.8. The van der Waals surface area contributed by atoms with Crippen LogP contribution < -0.4 is 5.32 Å². The highest BCUT2D eigenvalue weighted by molar-refractivity contribution is 7.13. The number of carbonyl (C=O) groups excluding carboxylic acids is 1. The Kier molecular flexibility index (Phi) is 6.35. The smallest absolute Gasteiger partial charge is 0.220 e. The normalized spacial score (nSPS) is 10.7. The number of nitrogens with one attached hydrogen (secondary N) is 1. The molecule has 3 aromatic carbocycles. The van der Waals surface area contributed by atoms with Crippen LogP contribution in [0.15, 0.2) is 84.2 Å². The molecule has 0 atom stereocenters. The van der Waals surface area contributed by atoms with Crippen LogP contribution in [0.3, 0.4) is 0 Å². The van der Waals surface area contributed by atoms with E-state index in [-0.39, 0.29) is 5.91 Å². The van der Waals surface area contributed by atoms with Gasteiger partial charge in [-0.3, -0.25) is 4.79 Å². The van der Waals surface area contributed by atoms with Gasteiger partial charge in [-0.05, 0) is 24.5 Å². The molecule has 0 fully saturated rings. The molecule has 1 amide bonds. The van der Waals surface area contributed by atoms with Gasteiger partial charge in [-0.2, -0.15) is 0 Å². The van der Waals surface area contributed by atoms with Gasteiger partial charge in [-0.15, -0.1) is 11.3 Å². The molecule has 0 aliphatic carbocycles. The zero-order chi connectivity index (χ0) is 20.8. The summed E-state index contributed by atoms with van der Waals surface area (Å²) >= 11 is 1.65. The number of thiazole rings is 1. The summed E-state index contributed by atoms with van der Waals surface area (Å²) in [4.78, 5) is 16.9. The number of amides is 1. The van der Waals surface area contributed by atoms with Gasteiger partial charge >= 0.3 is 0 Å². The lowest BCUT2D eigenvalue weighted by Crippen LogP contribution is -2.22. The van der Waals surface area contributed by atoms with Crippen molar-refractivity contribution in [2.45, 2.75) is 26.3 Å². The van der Waals surface area contributed by atoms with Gasteiger partial charge in [0.15, 0.2) is 0 Å². The third-order valence-corrected chi connectivity index (χ3v) is 5.92. The van der Waals surface area contributed by atoms with Gasteiger partial charge in [0.2, 0.25) is 5.91 Å². The number of rotatable bonds is 7. The molecule has 0 bridgehead atoms. The summed E-state index contributed by atoms with van der Waals surface area (Å²) in [6, 6.07) is 26.8. The number of hydrogen-bond donors (Lipinski definition) is 1. The van der Waals surface area contributed by atoms with Crippen molar-refractivity contribution < 1.29 is 4.79 Å². The summed E-state index contributed by atoms with van der Waals surface area (Å²) in [5.41, 5.74) is 6.75. The van der Waals surface area contributed by atoms with Gasteiger partial charge in [-0.1, -0.05) is 84.4 Å². The predicted octanol–water partition coefficient (Wildman–Crippen LogP) is 6.03. The van der Waals surface area contributed by atoms with Crippen molar-refractivity contribution in [1.29, 1.82) is 0 Å². The molecule has 1 heterocycles. The summed E-state index contributed by atoms with van der Waals surface area (Å²) in [7, 11) is 0. The van der Waals surface area contributed by atoms with Gasteiger partial charge in [0, 0.05) is 29.5 Å². The van der Waals surface area contributed by atoms with Crippen molar-refractivity contribution in [2.24, 2.45) is 0 Å². The largest absolute Gasteiger partial charge is 0.352 e. The van der Waals surface area contributed by atoms with Crippen molar-refractivity contribution in [3.05, 3.63) is 101 Å². The van der Waals surface area contributed by atoms with E-state index in [2.05, 4.69) is 78.3 Å². The maximum Gasteiger partial charge on any atom is 0.220 e. The number of benzene rings is 3. The van der Waals surface area contributed by atoms with Gasteiger partial charge in [-0.25, -0.2) is 4.98 Å². The Hall–Kier alpha value is -3.24. The average molecular weight is 413 g/mol. The summed E-state index contributed by atoms with van der Waals surface area (Å²) in [6.07, 6.45) is 1.27. The SMILES string of the molecule is Cc1ccc(-c2csc(-c3ccc(CNC(=O)CCc4ccccc4)cc3)n2)cc1. The van der Waals surface area contributed by atoms with Crippen LogP contribution in [0.5, 0.6) is 0 Å². The maximum atomic E-state index is 12.1. The van der Waals surface area contributed by atoms with Crippen molar-refractivity contribution in [3.8, 4) is 21.8 Å². The molecule has 0 aliphatic heterocycles. The minimum atomic E-state index is 0.0746. The first kappa shape index (κ1) is 20.0. The molecule has 0 radical (unpaired) electrons. The van der Waals surface area contributed by atoms with E-state index in [4.69, 9.17) is 4.98 Å². The van der Waals surface area contributed by atoms with E-state index < -0.39 is 0 Å². The van der Waals surface area contributed by atoms with Crippen molar-refractivity contribution in [1.82, 2.24) is 10.3 Å². The average Bonchev–Trinajstić information content (AvgIpc) is 3.28. The molecule has 0 saturated heterocycles. The van der Waals surface area contributed by atoms with E-state index in [1.807, 2.05) is 18.2 Å². The molecular weight excluding hydrogens is 388 g/mol. The standard InChI is InChI=1S/C26H24N2OS/c1-19-7-12-22(13-8-19)24-18-30-26(28-24)23-14-9-21(10-15-23)17-27-25(29)16-11-20-5-3-2-4-6-20/h2-10,12-15,18H,11,16-17H2,1H3,(H,27,29). The Morgan fingerprint density at radius 2 is 1.57 bits per heavy atom. The molecule has 4 heteroatoms. The summed E-state index contributed by atoms with van der Waals surface area (Å²) < 4.78 is 0. The predicted molar refractivity (Wildman–Crippen MR) is 124 cm³/mol. The highest BCUT2D eigenvalue weighted by Crippen LogP contribution is 2.29. The third kappa shape index (κ3) is 5.22. The maximum absolute atomic E-state index is 12.1. The molecular formula is C26H24N2OS. The third-order valence-electron chi connectivity index (χ3n) is 5.03. The Morgan fingerprint density at radius 3 is 2.30 bits per heavy atom. The van der Waals surface area contributed by atoms with E-state index in [0.29, 0.717) is 13.0 Å². The first-order valence-electron chi connectivity index (χ1n) is 10.1. The van der Waals surface area contributed by atoms with Gasteiger partial charge < -0.3 is 5.32 Å². The number of nitrogens with zero attached hydrogens (tertiary/aromatic N) is 1. The van der Waals surface area contributed by atoms with E-state index in [1.165, 1.54) is 11.1 Å². The lowest BCUT2D eigenvalue weighted by atomic mass is 10.1. The van der Waals surface area contributed by atoms with Crippen LogP contribution in [-0.2, 0) is 17.8 Å². The van der Waals surface area contributed by atoms with Crippen molar-refractivity contribution >= 4 is 17.2 Å². The fourth-order valence-electron chi connectivity index (χ4n) is 3.22. The Bertz CT molecular complexity index is 1100. The molecule has 0 spiro atoms. The molecule has 0 unspecified atom stereocenters. The molecule has 30 heavy (non-hydrogen) atoms. The zero-order valence-electron chi connectivity index (χ0n) is 17.0. The van der Waals surface area contributed by atoms with Crippen molar-refractivity contribution in [2.75, 3.05) is 0 Å². The number of hydrogen-bond acceptors (Lipinski definition) is 3. The molecule has 3 nitrogen and oxygen atoms in total. The van der Waals surface area contributed by atoms with Crippen molar-refractivity contribution in [3.63, 3.8) is 0 Å². The second kappa shape index (κ2) is 9.51. The Balaban J connectivity index is 1.32. The monoisotopic (exact) mass is 412 g/mol. The summed E-state index contributed by atoms with van der Waals surface area (Å²) in [6.45, 7) is 2.63. The molecule has 150 valence electrons. The lowest BCUT2D eigenvalue weighted by molar-refractivity contribution is -0.121.